The van der Waals surface area contributed by atoms with Gasteiger partial charge in [0.1, 0.15) is 12.3 Å². The number of ether oxygens (including phenoxy) is 1. The Morgan fingerprint density at radius 2 is 1.79 bits per heavy atom. The largest absolute Gasteiger partial charge is 0.493 e. The van der Waals surface area contributed by atoms with Gasteiger partial charge in [0.2, 0.25) is 0 Å². The van der Waals surface area contributed by atoms with Gasteiger partial charge in [0.15, 0.2) is 6.54 Å². The number of halogens is 2. The van der Waals surface area contributed by atoms with E-state index < -0.39 is 0 Å². The third-order valence-corrected chi connectivity index (χ3v) is 4.08. The topological polar surface area (TPSA) is 42.8 Å². The summed E-state index contributed by atoms with van der Waals surface area (Å²) in [6.07, 6.45) is 0. The van der Waals surface area contributed by atoms with E-state index >= 15 is 0 Å². The van der Waals surface area contributed by atoms with E-state index in [0.717, 1.165) is 16.2 Å². The third-order valence-electron chi connectivity index (χ3n) is 3.45. The maximum atomic E-state index is 12.2. The first kappa shape index (κ1) is 18.6. The first-order chi connectivity index (χ1) is 11.5. The fourth-order valence-corrected chi connectivity index (χ4v) is 2.90. The minimum Gasteiger partial charge on any atom is -0.493 e. The maximum absolute atomic E-state index is 12.2. The number of hydrogen-bond donors (Lipinski definition) is 2. The lowest BCUT2D eigenvalue weighted by molar-refractivity contribution is -0.885. The van der Waals surface area contributed by atoms with Crippen LogP contribution >= 0.6 is 23.2 Å². The van der Waals surface area contributed by atoms with Crippen LogP contribution < -0.4 is 15.0 Å². The molecule has 1 unspecified atom stereocenters. The number of benzene rings is 2. The number of likely N-dealkylation sites (N-methyl/N-ethyl adjacent to an activating group) is 1. The average molecular weight is 368 g/mol. The molecule has 2 aromatic carbocycles. The fourth-order valence-electron chi connectivity index (χ4n) is 2.41. The molecular formula is C18H21Cl2N2O2+. The summed E-state index contributed by atoms with van der Waals surface area (Å²) >= 11 is 12.1. The molecule has 6 heteroatoms. The molecule has 0 saturated carbocycles. The number of carbonyl (C=O) groups is 1. The predicted molar refractivity (Wildman–Crippen MR) is 98.2 cm³/mol. The van der Waals surface area contributed by atoms with E-state index in [2.05, 4.69) is 5.32 Å². The van der Waals surface area contributed by atoms with Crippen molar-refractivity contribution in [1.29, 1.82) is 0 Å². The molecule has 0 aliphatic rings. The van der Waals surface area contributed by atoms with Crippen molar-refractivity contribution in [2.45, 2.75) is 13.5 Å². The summed E-state index contributed by atoms with van der Waals surface area (Å²) in [7, 11) is 1.95. The second-order valence-electron chi connectivity index (χ2n) is 5.50. The Balaban J connectivity index is 1.97. The number of amides is 1. The van der Waals surface area contributed by atoms with Gasteiger partial charge in [-0.15, -0.1) is 0 Å². The normalized spacial score (nSPS) is 11.8. The van der Waals surface area contributed by atoms with Crippen LogP contribution in [0, 0.1) is 0 Å². The standard InChI is InChI=1S/C18H20Cl2N2O2/c1-3-24-16-10-5-4-7-13(16)11-22(2)12-17(23)21-18-14(19)8-6-9-15(18)20/h4-10H,3,11-12H2,1-2H3,(H,21,23)/p+1. The highest BCUT2D eigenvalue weighted by Gasteiger charge is 2.15. The molecule has 0 aliphatic carbocycles. The number of para-hydroxylation sites is 2. The second kappa shape index (κ2) is 8.92. The van der Waals surface area contributed by atoms with Gasteiger partial charge in [-0.3, -0.25) is 4.79 Å². The summed E-state index contributed by atoms with van der Waals surface area (Å²) in [5.41, 5.74) is 1.52. The molecule has 0 aromatic heterocycles. The summed E-state index contributed by atoms with van der Waals surface area (Å²) in [5, 5.41) is 3.63. The average Bonchev–Trinajstić information content (AvgIpc) is 2.53. The van der Waals surface area contributed by atoms with Gasteiger partial charge in [-0.2, -0.15) is 0 Å². The van der Waals surface area contributed by atoms with Gasteiger partial charge in [0.05, 0.1) is 29.4 Å². The SMILES string of the molecule is CCOc1ccccc1C[NH+](C)CC(=O)Nc1c(Cl)cccc1Cl. The highest BCUT2D eigenvalue weighted by molar-refractivity contribution is 6.39. The molecule has 0 heterocycles. The smallest absolute Gasteiger partial charge is 0.279 e. The van der Waals surface area contributed by atoms with Gasteiger partial charge in [-0.05, 0) is 31.2 Å². The van der Waals surface area contributed by atoms with Gasteiger partial charge in [0, 0.05) is 5.56 Å². The van der Waals surface area contributed by atoms with Crippen molar-refractivity contribution >= 4 is 34.8 Å². The number of rotatable bonds is 7. The lowest BCUT2D eigenvalue weighted by Crippen LogP contribution is -3.08. The van der Waals surface area contributed by atoms with Crippen LogP contribution in [0.25, 0.3) is 0 Å². The Kier molecular flexibility index (Phi) is 6.91. The van der Waals surface area contributed by atoms with E-state index in [1.807, 2.05) is 38.2 Å². The maximum Gasteiger partial charge on any atom is 0.279 e. The van der Waals surface area contributed by atoms with Crippen molar-refractivity contribution < 1.29 is 14.4 Å². The molecule has 0 fully saturated rings. The highest BCUT2D eigenvalue weighted by Crippen LogP contribution is 2.29. The molecular weight excluding hydrogens is 347 g/mol. The molecule has 0 aliphatic heterocycles. The summed E-state index contributed by atoms with van der Waals surface area (Å²) in [5.74, 6) is 0.713. The van der Waals surface area contributed by atoms with Crippen molar-refractivity contribution in [2.75, 3.05) is 25.5 Å². The molecule has 0 radical (unpaired) electrons. The molecule has 1 atom stereocenters. The fraction of sp³-hybridized carbons (Fsp3) is 0.278. The van der Waals surface area contributed by atoms with Gasteiger partial charge in [-0.1, -0.05) is 41.4 Å². The van der Waals surface area contributed by atoms with Crippen molar-refractivity contribution in [2.24, 2.45) is 0 Å². The lowest BCUT2D eigenvalue weighted by Gasteiger charge is -2.16. The minimum absolute atomic E-state index is 0.142. The highest BCUT2D eigenvalue weighted by atomic mass is 35.5. The quantitative estimate of drug-likeness (QED) is 0.789. The van der Waals surface area contributed by atoms with Crippen molar-refractivity contribution in [3.63, 3.8) is 0 Å². The van der Waals surface area contributed by atoms with Crippen LogP contribution in [-0.4, -0.2) is 26.1 Å². The molecule has 4 nitrogen and oxygen atoms in total. The number of carbonyl (C=O) groups excluding carboxylic acids is 1. The molecule has 1 amide bonds. The molecule has 128 valence electrons. The molecule has 0 saturated heterocycles. The Hall–Kier alpha value is -1.75. The third kappa shape index (κ3) is 5.13. The van der Waals surface area contributed by atoms with Gasteiger partial charge >= 0.3 is 0 Å². The zero-order valence-corrected chi connectivity index (χ0v) is 15.2. The number of nitrogens with one attached hydrogen (secondary N) is 2. The molecule has 0 bridgehead atoms. The predicted octanol–water partition coefficient (Wildman–Crippen LogP) is 3.05. The first-order valence-corrected chi connectivity index (χ1v) is 8.52. The Bertz CT molecular complexity index is 687. The summed E-state index contributed by atoms with van der Waals surface area (Å²) < 4.78 is 5.62. The van der Waals surface area contributed by atoms with E-state index in [9.17, 15) is 4.79 Å². The van der Waals surface area contributed by atoms with E-state index in [4.69, 9.17) is 27.9 Å². The zero-order valence-electron chi connectivity index (χ0n) is 13.7. The Morgan fingerprint density at radius 1 is 1.12 bits per heavy atom. The Labute approximate surface area is 152 Å². The summed E-state index contributed by atoms with van der Waals surface area (Å²) in [6, 6.07) is 13.0. The van der Waals surface area contributed by atoms with Crippen LogP contribution in [0.4, 0.5) is 5.69 Å². The van der Waals surface area contributed by atoms with Gasteiger partial charge in [0.25, 0.3) is 5.91 Å². The number of hydrogen-bond acceptors (Lipinski definition) is 2. The first-order valence-electron chi connectivity index (χ1n) is 7.77. The van der Waals surface area contributed by atoms with Crippen LogP contribution in [0.3, 0.4) is 0 Å². The molecule has 2 N–H and O–H groups in total. The molecule has 2 aromatic rings. The second-order valence-corrected chi connectivity index (χ2v) is 6.31. The van der Waals surface area contributed by atoms with E-state index in [0.29, 0.717) is 35.4 Å². The van der Waals surface area contributed by atoms with Crippen LogP contribution in [0.1, 0.15) is 12.5 Å². The summed E-state index contributed by atoms with van der Waals surface area (Å²) in [6.45, 7) is 3.54. The van der Waals surface area contributed by atoms with Crippen LogP contribution in [-0.2, 0) is 11.3 Å². The number of quaternary nitrogens is 1. The molecule has 0 spiro atoms. The monoisotopic (exact) mass is 367 g/mol. The van der Waals surface area contributed by atoms with Crippen LogP contribution in [0.2, 0.25) is 10.0 Å². The van der Waals surface area contributed by atoms with E-state index in [-0.39, 0.29) is 5.91 Å². The van der Waals surface area contributed by atoms with Crippen LogP contribution in [0.5, 0.6) is 5.75 Å². The zero-order chi connectivity index (χ0) is 17.5. The van der Waals surface area contributed by atoms with Gasteiger partial charge < -0.3 is 15.0 Å². The molecule has 2 rings (SSSR count). The Morgan fingerprint density at radius 3 is 2.46 bits per heavy atom. The van der Waals surface area contributed by atoms with Crippen molar-refractivity contribution in [3.8, 4) is 5.75 Å². The molecule has 24 heavy (non-hydrogen) atoms. The van der Waals surface area contributed by atoms with Crippen molar-refractivity contribution in [3.05, 3.63) is 58.1 Å². The van der Waals surface area contributed by atoms with Crippen molar-refractivity contribution in [1.82, 2.24) is 0 Å². The van der Waals surface area contributed by atoms with Gasteiger partial charge in [-0.25, -0.2) is 0 Å². The minimum atomic E-state index is -0.142. The lowest BCUT2D eigenvalue weighted by atomic mass is 10.2. The van der Waals surface area contributed by atoms with E-state index in [1.54, 1.807) is 18.2 Å². The summed E-state index contributed by atoms with van der Waals surface area (Å²) in [4.78, 5) is 13.3. The number of anilines is 1. The van der Waals surface area contributed by atoms with E-state index in [1.165, 1.54) is 0 Å². The van der Waals surface area contributed by atoms with Crippen LogP contribution in [0.15, 0.2) is 42.5 Å².